The molecule has 39 heavy (non-hydrogen) atoms. The number of nitrogens with zero attached hydrogens (tertiary/aromatic N) is 4. The van der Waals surface area contributed by atoms with E-state index < -0.39 is 48.1 Å². The summed E-state index contributed by atoms with van der Waals surface area (Å²) in [6, 6.07) is 5.62. The van der Waals surface area contributed by atoms with Gasteiger partial charge in [-0.3, -0.25) is 9.52 Å². The molecule has 15 heteroatoms. The van der Waals surface area contributed by atoms with E-state index in [2.05, 4.69) is 33.1 Å². The Morgan fingerprint density at radius 3 is 2.44 bits per heavy atom. The predicted molar refractivity (Wildman–Crippen MR) is 147 cm³/mol. The highest BCUT2D eigenvalue weighted by molar-refractivity contribution is 7.92. The van der Waals surface area contributed by atoms with Gasteiger partial charge in [-0.1, -0.05) is 13.1 Å². The quantitative estimate of drug-likeness (QED) is 0.402. The van der Waals surface area contributed by atoms with Gasteiger partial charge in [0.1, 0.15) is 11.6 Å². The van der Waals surface area contributed by atoms with Gasteiger partial charge in [0.15, 0.2) is 0 Å². The molecular weight excluding hydrogens is 553 g/mol. The summed E-state index contributed by atoms with van der Waals surface area (Å²) < 4.78 is 68.7. The third kappa shape index (κ3) is 7.39. The zero-order chi connectivity index (χ0) is 28.4. The fraction of sp³-hybridized carbons (Fsp3) is 0.542. The molecule has 2 aliphatic heterocycles. The second-order valence-electron chi connectivity index (χ2n) is 10.7. The topological polar surface area (TPSA) is 128 Å². The average Bonchev–Trinajstić information content (AvgIpc) is 2.85. The molecule has 3 heterocycles. The number of hydrogen-bond donors (Lipinski definition) is 3. The Kier molecular flexibility index (Phi) is 8.42. The molecule has 0 bridgehead atoms. The summed E-state index contributed by atoms with van der Waals surface area (Å²) in [5.41, 5.74) is 0.0488. The summed E-state index contributed by atoms with van der Waals surface area (Å²) in [5, 5.41) is 11.7. The lowest BCUT2D eigenvalue weighted by molar-refractivity contribution is -0.0222. The number of sulfonamides is 1. The van der Waals surface area contributed by atoms with Crippen molar-refractivity contribution in [3.05, 3.63) is 35.8 Å². The first-order valence-corrected chi connectivity index (χ1v) is 17.8. The van der Waals surface area contributed by atoms with Crippen LogP contribution in [0.4, 0.5) is 36.3 Å². The summed E-state index contributed by atoms with van der Waals surface area (Å²) in [6.45, 7) is 5.32. The molecule has 3 N–H and O–H groups in total. The van der Waals surface area contributed by atoms with Crippen molar-refractivity contribution < 1.29 is 31.5 Å². The SMILES string of the molecule is C[Si]1(C)CCN(c2cc(NS(=O)(=O)CCO)c(F)cc2C(=O)Nc2ccnc(N3CCC(F)(F)CC3)n2)CC1. The molecule has 10 nitrogen and oxygen atoms in total. The molecule has 1 amide bonds. The number of nitrogens with one attached hydrogen (secondary N) is 2. The van der Waals surface area contributed by atoms with Crippen molar-refractivity contribution in [2.24, 2.45) is 0 Å². The fourth-order valence-electron chi connectivity index (χ4n) is 4.56. The van der Waals surface area contributed by atoms with E-state index in [1.54, 1.807) is 4.90 Å². The maximum absolute atomic E-state index is 15.1. The Morgan fingerprint density at radius 1 is 1.13 bits per heavy atom. The number of alkyl halides is 2. The first-order valence-electron chi connectivity index (χ1n) is 12.7. The van der Waals surface area contributed by atoms with E-state index in [-0.39, 0.29) is 48.9 Å². The molecule has 2 aromatic rings. The Morgan fingerprint density at radius 2 is 1.79 bits per heavy atom. The van der Waals surface area contributed by atoms with Crippen LogP contribution in [-0.2, 0) is 10.0 Å². The molecule has 2 saturated heterocycles. The maximum Gasteiger partial charge on any atom is 0.259 e. The van der Waals surface area contributed by atoms with Gasteiger partial charge in [0, 0.05) is 45.2 Å². The van der Waals surface area contributed by atoms with Crippen LogP contribution in [0.15, 0.2) is 24.4 Å². The molecule has 0 aliphatic carbocycles. The average molecular weight is 587 g/mol. The van der Waals surface area contributed by atoms with Crippen LogP contribution in [0.25, 0.3) is 0 Å². The van der Waals surface area contributed by atoms with Crippen molar-refractivity contribution in [1.29, 1.82) is 0 Å². The number of amides is 1. The number of carbonyl (C=O) groups excluding carboxylic acids is 1. The van der Waals surface area contributed by atoms with Crippen molar-refractivity contribution in [3.63, 3.8) is 0 Å². The zero-order valence-electron chi connectivity index (χ0n) is 21.9. The van der Waals surface area contributed by atoms with E-state index >= 15 is 4.39 Å². The number of aromatic nitrogens is 2. The minimum Gasteiger partial charge on any atom is -0.395 e. The molecule has 214 valence electrons. The number of halogens is 3. The Labute approximate surface area is 226 Å². The van der Waals surface area contributed by atoms with Crippen LogP contribution in [0.2, 0.25) is 25.2 Å². The van der Waals surface area contributed by atoms with Crippen molar-refractivity contribution in [1.82, 2.24) is 9.97 Å². The number of benzene rings is 1. The molecule has 0 radical (unpaired) electrons. The second kappa shape index (κ2) is 11.3. The zero-order valence-corrected chi connectivity index (χ0v) is 23.7. The third-order valence-electron chi connectivity index (χ3n) is 7.08. The summed E-state index contributed by atoms with van der Waals surface area (Å²) in [4.78, 5) is 25.4. The van der Waals surface area contributed by atoms with E-state index in [4.69, 9.17) is 5.11 Å². The number of rotatable bonds is 8. The van der Waals surface area contributed by atoms with E-state index in [1.807, 2.05) is 4.90 Å². The van der Waals surface area contributed by atoms with Crippen molar-refractivity contribution >= 4 is 47.1 Å². The number of carbonyl (C=O) groups is 1. The highest BCUT2D eigenvalue weighted by atomic mass is 32.2. The van der Waals surface area contributed by atoms with Crippen LogP contribution < -0.4 is 19.8 Å². The Hall–Kier alpha value is -2.91. The molecule has 2 fully saturated rings. The van der Waals surface area contributed by atoms with Gasteiger partial charge in [0.2, 0.25) is 16.0 Å². The van der Waals surface area contributed by atoms with Crippen LogP contribution in [-0.4, -0.2) is 81.9 Å². The predicted octanol–water partition coefficient (Wildman–Crippen LogP) is 3.37. The van der Waals surface area contributed by atoms with Crippen LogP contribution in [0.3, 0.4) is 0 Å². The molecule has 0 atom stereocenters. The second-order valence-corrected chi connectivity index (χ2v) is 17.9. The molecule has 1 aromatic heterocycles. The first kappa shape index (κ1) is 29.1. The van der Waals surface area contributed by atoms with E-state index in [0.29, 0.717) is 18.8 Å². The number of aliphatic hydroxyl groups is 1. The summed E-state index contributed by atoms with van der Waals surface area (Å²) >= 11 is 0. The smallest absolute Gasteiger partial charge is 0.259 e. The van der Waals surface area contributed by atoms with Crippen LogP contribution in [0.1, 0.15) is 23.2 Å². The van der Waals surface area contributed by atoms with Gasteiger partial charge in [0.25, 0.3) is 11.8 Å². The lowest BCUT2D eigenvalue weighted by Crippen LogP contribution is -2.43. The number of piperidine rings is 1. The largest absolute Gasteiger partial charge is 0.395 e. The Balaban J connectivity index is 1.61. The van der Waals surface area contributed by atoms with Crippen LogP contribution >= 0.6 is 0 Å². The minimum atomic E-state index is -4.00. The number of hydrogen-bond acceptors (Lipinski definition) is 8. The van der Waals surface area contributed by atoms with Gasteiger partial charge in [-0.2, -0.15) is 4.98 Å². The van der Waals surface area contributed by atoms with Gasteiger partial charge in [0.05, 0.1) is 37.4 Å². The van der Waals surface area contributed by atoms with Crippen LogP contribution in [0.5, 0.6) is 0 Å². The molecule has 0 unspecified atom stereocenters. The fourth-order valence-corrected chi connectivity index (χ4v) is 7.40. The monoisotopic (exact) mass is 586 g/mol. The molecule has 1 aromatic carbocycles. The van der Waals surface area contributed by atoms with E-state index in [0.717, 1.165) is 18.2 Å². The highest BCUT2D eigenvalue weighted by Crippen LogP contribution is 2.34. The van der Waals surface area contributed by atoms with Crippen molar-refractivity contribution in [2.45, 2.75) is 43.9 Å². The summed E-state index contributed by atoms with van der Waals surface area (Å²) in [7, 11) is -5.40. The summed E-state index contributed by atoms with van der Waals surface area (Å²) in [5.74, 6) is -4.62. The van der Waals surface area contributed by atoms with Gasteiger partial charge in [-0.15, -0.1) is 0 Å². The van der Waals surface area contributed by atoms with Gasteiger partial charge < -0.3 is 20.2 Å². The highest BCUT2D eigenvalue weighted by Gasteiger charge is 2.35. The molecule has 0 spiro atoms. The molecule has 2 aliphatic rings. The van der Waals surface area contributed by atoms with Gasteiger partial charge in [-0.05, 0) is 30.3 Å². The molecule has 0 saturated carbocycles. The van der Waals surface area contributed by atoms with Crippen molar-refractivity contribution in [3.8, 4) is 0 Å². The standard InChI is InChI=1S/C24H33F3N6O4SSi/c1-39(2)13-9-32(10-14-39)20-16-19(31-38(36,37)12-11-34)18(25)15-17(20)22(35)29-21-3-6-28-23(30-21)33-7-4-24(26,27)5-8-33/h3,6,15-16,31,34H,4-5,7-14H2,1-2H3,(H,28,29,30,35). The minimum absolute atomic E-state index is 0.00300. The van der Waals surface area contributed by atoms with Gasteiger partial charge in [-0.25, -0.2) is 26.6 Å². The normalized spacial score (nSPS) is 19.0. The lowest BCUT2D eigenvalue weighted by atomic mass is 10.1. The number of aliphatic hydroxyl groups excluding tert-OH is 1. The maximum atomic E-state index is 15.1. The van der Waals surface area contributed by atoms with Gasteiger partial charge >= 0.3 is 0 Å². The summed E-state index contributed by atoms with van der Waals surface area (Å²) in [6.07, 6.45) is 0.765. The first-order chi connectivity index (χ1) is 18.3. The van der Waals surface area contributed by atoms with E-state index in [9.17, 15) is 22.0 Å². The third-order valence-corrected chi connectivity index (χ3v) is 11.5. The molecular formula is C24H33F3N6O4SSi. The lowest BCUT2D eigenvalue weighted by Gasteiger charge is -2.38. The number of anilines is 4. The Bertz CT molecular complexity index is 1310. The van der Waals surface area contributed by atoms with E-state index in [1.165, 1.54) is 18.3 Å². The van der Waals surface area contributed by atoms with Crippen molar-refractivity contribution in [2.75, 3.05) is 58.4 Å². The molecule has 4 rings (SSSR count). The van der Waals surface area contributed by atoms with Crippen LogP contribution in [0, 0.1) is 5.82 Å².